The van der Waals surface area contributed by atoms with E-state index in [1.165, 1.54) is 0 Å². The fourth-order valence-electron chi connectivity index (χ4n) is 1.16. The number of carboxylic acid groups (broad SMARTS) is 1. The van der Waals surface area contributed by atoms with Gasteiger partial charge in [-0.15, -0.1) is 0 Å². The number of ether oxygens (including phenoxy) is 1. The van der Waals surface area contributed by atoms with Crippen molar-refractivity contribution in [3.05, 3.63) is 30.3 Å². The van der Waals surface area contributed by atoms with E-state index in [0.29, 0.717) is 12.2 Å². The Bertz CT molecular complexity index is 282. The molecule has 14 heavy (non-hydrogen) atoms. The van der Waals surface area contributed by atoms with Crippen LogP contribution in [0.2, 0.25) is 0 Å². The molecule has 0 amide bonds. The molecule has 0 aliphatic heterocycles. The van der Waals surface area contributed by atoms with Crippen molar-refractivity contribution in [2.75, 3.05) is 0 Å². The maximum atomic E-state index is 10.8. The molecule has 0 bridgehead atoms. The van der Waals surface area contributed by atoms with E-state index in [4.69, 9.17) is 9.84 Å². The van der Waals surface area contributed by atoms with Crippen LogP contribution in [0.1, 0.15) is 19.8 Å². The fraction of sp³-hybridized carbons (Fsp3) is 0.364. The Morgan fingerprint density at radius 2 is 2.07 bits per heavy atom. The Morgan fingerprint density at radius 3 is 2.57 bits per heavy atom. The molecule has 1 rings (SSSR count). The van der Waals surface area contributed by atoms with Gasteiger partial charge in [0, 0.05) is 0 Å². The Balaban J connectivity index is 2.60. The first-order valence-electron chi connectivity index (χ1n) is 4.68. The number of hydrogen-bond acceptors (Lipinski definition) is 2. The molecule has 76 valence electrons. The third kappa shape index (κ3) is 3.09. The summed E-state index contributed by atoms with van der Waals surface area (Å²) in [7, 11) is 0. The fourth-order valence-corrected chi connectivity index (χ4v) is 1.16. The second-order valence-corrected chi connectivity index (χ2v) is 3.05. The topological polar surface area (TPSA) is 46.5 Å². The van der Waals surface area contributed by atoms with Gasteiger partial charge >= 0.3 is 5.97 Å². The van der Waals surface area contributed by atoms with E-state index in [-0.39, 0.29) is 0 Å². The van der Waals surface area contributed by atoms with Gasteiger partial charge < -0.3 is 9.84 Å². The molecule has 0 radical (unpaired) electrons. The highest BCUT2D eigenvalue weighted by Gasteiger charge is 2.17. The van der Waals surface area contributed by atoms with Gasteiger partial charge in [-0.1, -0.05) is 31.5 Å². The Labute approximate surface area is 83.3 Å². The molecule has 1 aromatic carbocycles. The van der Waals surface area contributed by atoms with Gasteiger partial charge in [-0.25, -0.2) is 4.79 Å². The van der Waals surface area contributed by atoms with Gasteiger partial charge in [-0.05, 0) is 18.6 Å². The Hall–Kier alpha value is -1.51. The molecular weight excluding hydrogens is 180 g/mol. The van der Waals surface area contributed by atoms with Crippen molar-refractivity contribution in [2.45, 2.75) is 25.9 Å². The van der Waals surface area contributed by atoms with Crippen LogP contribution in [0, 0.1) is 0 Å². The average Bonchev–Trinajstić information content (AvgIpc) is 2.18. The van der Waals surface area contributed by atoms with E-state index in [1.54, 1.807) is 12.1 Å². The standard InChI is InChI=1S/C11H14O3/c1-2-6-10(11(12)13)14-9-7-4-3-5-8-9/h3-5,7-8,10H,2,6H2,1H3,(H,12,13)/t10-/m1/s1. The van der Waals surface area contributed by atoms with Gasteiger partial charge in [0.25, 0.3) is 0 Å². The van der Waals surface area contributed by atoms with Crippen LogP contribution in [0.4, 0.5) is 0 Å². The molecule has 3 nitrogen and oxygen atoms in total. The largest absolute Gasteiger partial charge is 0.479 e. The van der Waals surface area contributed by atoms with E-state index in [2.05, 4.69) is 0 Å². The first-order valence-corrected chi connectivity index (χ1v) is 4.68. The molecule has 0 spiro atoms. The predicted octanol–water partition coefficient (Wildman–Crippen LogP) is 2.32. The Morgan fingerprint density at radius 1 is 1.43 bits per heavy atom. The van der Waals surface area contributed by atoms with Crippen molar-refractivity contribution in [3.8, 4) is 5.75 Å². The zero-order valence-corrected chi connectivity index (χ0v) is 8.14. The van der Waals surface area contributed by atoms with Crippen LogP contribution >= 0.6 is 0 Å². The van der Waals surface area contributed by atoms with E-state index < -0.39 is 12.1 Å². The van der Waals surface area contributed by atoms with Crippen LogP contribution in [-0.2, 0) is 4.79 Å². The van der Waals surface area contributed by atoms with Crippen molar-refractivity contribution in [1.82, 2.24) is 0 Å². The molecule has 0 unspecified atom stereocenters. The van der Waals surface area contributed by atoms with Crippen molar-refractivity contribution in [2.24, 2.45) is 0 Å². The van der Waals surface area contributed by atoms with Crippen molar-refractivity contribution in [1.29, 1.82) is 0 Å². The molecule has 0 aliphatic rings. The predicted molar refractivity (Wildman–Crippen MR) is 53.4 cm³/mol. The highest BCUT2D eigenvalue weighted by Crippen LogP contribution is 2.13. The summed E-state index contributed by atoms with van der Waals surface area (Å²) < 4.78 is 5.32. The number of carbonyl (C=O) groups is 1. The highest BCUT2D eigenvalue weighted by atomic mass is 16.5. The first-order chi connectivity index (χ1) is 6.74. The summed E-state index contributed by atoms with van der Waals surface area (Å²) in [4.78, 5) is 10.8. The van der Waals surface area contributed by atoms with Crippen LogP contribution < -0.4 is 4.74 Å². The number of para-hydroxylation sites is 1. The molecule has 0 fully saturated rings. The van der Waals surface area contributed by atoms with Crippen LogP contribution in [0.3, 0.4) is 0 Å². The van der Waals surface area contributed by atoms with Crippen LogP contribution in [0.15, 0.2) is 30.3 Å². The number of aliphatic carboxylic acids is 1. The molecule has 0 aromatic heterocycles. The van der Waals surface area contributed by atoms with Crippen molar-refractivity contribution < 1.29 is 14.6 Å². The minimum atomic E-state index is -0.907. The number of benzene rings is 1. The zero-order valence-electron chi connectivity index (χ0n) is 8.14. The lowest BCUT2D eigenvalue weighted by Gasteiger charge is -2.13. The van der Waals surface area contributed by atoms with E-state index >= 15 is 0 Å². The molecular formula is C11H14O3. The monoisotopic (exact) mass is 194 g/mol. The minimum absolute atomic E-state index is 0.532. The molecule has 1 atom stereocenters. The quantitative estimate of drug-likeness (QED) is 0.782. The molecule has 1 aromatic rings. The van der Waals surface area contributed by atoms with E-state index in [1.807, 2.05) is 25.1 Å². The number of rotatable bonds is 5. The van der Waals surface area contributed by atoms with E-state index in [0.717, 1.165) is 6.42 Å². The molecule has 0 heterocycles. The summed E-state index contributed by atoms with van der Waals surface area (Å²) in [6.45, 7) is 1.93. The van der Waals surface area contributed by atoms with E-state index in [9.17, 15) is 4.79 Å². The summed E-state index contributed by atoms with van der Waals surface area (Å²) in [5.74, 6) is -0.302. The molecule has 1 N–H and O–H groups in total. The van der Waals surface area contributed by atoms with Crippen molar-refractivity contribution >= 4 is 5.97 Å². The van der Waals surface area contributed by atoms with Gasteiger partial charge in [0.15, 0.2) is 6.10 Å². The maximum Gasteiger partial charge on any atom is 0.344 e. The second-order valence-electron chi connectivity index (χ2n) is 3.05. The number of carboxylic acids is 1. The normalized spacial score (nSPS) is 12.1. The molecule has 0 saturated carbocycles. The lowest BCUT2D eigenvalue weighted by Crippen LogP contribution is -2.26. The van der Waals surface area contributed by atoms with Gasteiger partial charge in [-0.2, -0.15) is 0 Å². The summed E-state index contributed by atoms with van der Waals surface area (Å²) in [5.41, 5.74) is 0. The van der Waals surface area contributed by atoms with Gasteiger partial charge in [0.2, 0.25) is 0 Å². The lowest BCUT2D eigenvalue weighted by molar-refractivity contribution is -0.145. The third-order valence-corrected chi connectivity index (χ3v) is 1.85. The van der Waals surface area contributed by atoms with Gasteiger partial charge in [-0.3, -0.25) is 0 Å². The first kappa shape index (κ1) is 10.6. The SMILES string of the molecule is CCC[C@@H](Oc1ccccc1)C(=O)O. The minimum Gasteiger partial charge on any atom is -0.479 e. The summed E-state index contributed by atoms with van der Waals surface area (Å²) >= 11 is 0. The zero-order chi connectivity index (χ0) is 10.4. The van der Waals surface area contributed by atoms with Crippen LogP contribution in [0.5, 0.6) is 5.75 Å². The molecule has 0 saturated heterocycles. The summed E-state index contributed by atoms with van der Waals surface area (Å²) in [6, 6.07) is 9.01. The van der Waals surface area contributed by atoms with Crippen LogP contribution in [0.25, 0.3) is 0 Å². The van der Waals surface area contributed by atoms with Crippen molar-refractivity contribution in [3.63, 3.8) is 0 Å². The van der Waals surface area contributed by atoms with Crippen LogP contribution in [-0.4, -0.2) is 17.2 Å². The van der Waals surface area contributed by atoms with Gasteiger partial charge in [0.05, 0.1) is 0 Å². The summed E-state index contributed by atoms with van der Waals surface area (Å²) in [6.07, 6.45) is 0.594. The van der Waals surface area contributed by atoms with Gasteiger partial charge in [0.1, 0.15) is 5.75 Å². The highest BCUT2D eigenvalue weighted by molar-refractivity contribution is 5.72. The average molecular weight is 194 g/mol. The smallest absolute Gasteiger partial charge is 0.344 e. The lowest BCUT2D eigenvalue weighted by atomic mass is 10.2. The molecule has 0 aliphatic carbocycles. The number of hydrogen-bond donors (Lipinski definition) is 1. The molecule has 3 heteroatoms. The summed E-state index contributed by atoms with van der Waals surface area (Å²) in [5, 5.41) is 8.84. The third-order valence-electron chi connectivity index (χ3n) is 1.85. The maximum absolute atomic E-state index is 10.8. The second kappa shape index (κ2) is 5.27. The Kier molecular flexibility index (Phi) is 3.98.